The summed E-state index contributed by atoms with van der Waals surface area (Å²) in [5.74, 6) is 1.10. The van der Waals surface area contributed by atoms with Crippen LogP contribution in [0.1, 0.15) is 29.5 Å². The average molecular weight is 297 g/mol. The van der Waals surface area contributed by atoms with Crippen molar-refractivity contribution >= 4 is 17.3 Å². The summed E-state index contributed by atoms with van der Waals surface area (Å²) in [5.41, 5.74) is 8.41. The Labute approximate surface area is 131 Å². The molecule has 2 N–H and O–H groups in total. The Morgan fingerprint density at radius 3 is 2.68 bits per heavy atom. The predicted molar refractivity (Wildman–Crippen MR) is 90.1 cm³/mol. The molecular formula is C18H23N3O. The van der Waals surface area contributed by atoms with E-state index in [-0.39, 0.29) is 12.5 Å². The van der Waals surface area contributed by atoms with Crippen LogP contribution in [0.2, 0.25) is 0 Å². The molecule has 4 nitrogen and oxygen atoms in total. The number of benzene rings is 1. The molecule has 2 aliphatic rings. The minimum Gasteiger partial charge on any atom is -0.376 e. The molecule has 0 heterocycles. The van der Waals surface area contributed by atoms with E-state index in [1.807, 2.05) is 0 Å². The number of fused-ring (bicyclic) bond motifs is 1. The van der Waals surface area contributed by atoms with Crippen LogP contribution < -0.4 is 10.7 Å². The lowest BCUT2D eigenvalue weighted by Crippen LogP contribution is -2.36. The van der Waals surface area contributed by atoms with Crippen molar-refractivity contribution in [3.8, 4) is 0 Å². The first-order valence-electron chi connectivity index (χ1n) is 7.88. The lowest BCUT2D eigenvalue weighted by atomic mass is 9.74. The molecule has 0 aliphatic heterocycles. The van der Waals surface area contributed by atoms with E-state index in [1.54, 1.807) is 0 Å². The van der Waals surface area contributed by atoms with Crippen molar-refractivity contribution in [3.63, 3.8) is 0 Å². The number of nitrogens with one attached hydrogen (secondary N) is 2. The van der Waals surface area contributed by atoms with Crippen LogP contribution in [0.5, 0.6) is 0 Å². The third-order valence-corrected chi connectivity index (χ3v) is 4.59. The van der Waals surface area contributed by atoms with Crippen LogP contribution >= 0.6 is 0 Å². The molecule has 0 spiro atoms. The first-order chi connectivity index (χ1) is 10.5. The molecule has 2 atom stereocenters. The summed E-state index contributed by atoms with van der Waals surface area (Å²) in [6, 6.07) is 4.24. The summed E-state index contributed by atoms with van der Waals surface area (Å²) in [6.45, 7) is 6.44. The van der Waals surface area contributed by atoms with Crippen molar-refractivity contribution in [2.24, 2.45) is 16.9 Å². The zero-order valence-electron chi connectivity index (χ0n) is 13.4. The van der Waals surface area contributed by atoms with Gasteiger partial charge in [-0.1, -0.05) is 29.8 Å². The van der Waals surface area contributed by atoms with Crippen molar-refractivity contribution in [1.82, 2.24) is 5.43 Å². The highest BCUT2D eigenvalue weighted by Crippen LogP contribution is 2.40. The second-order valence-electron chi connectivity index (χ2n) is 6.40. The Bertz CT molecular complexity index is 637. The van der Waals surface area contributed by atoms with Crippen molar-refractivity contribution < 1.29 is 4.79 Å². The van der Waals surface area contributed by atoms with Gasteiger partial charge in [0.25, 0.3) is 5.91 Å². The third-order valence-electron chi connectivity index (χ3n) is 4.59. The summed E-state index contributed by atoms with van der Waals surface area (Å²) in [4.78, 5) is 11.9. The van der Waals surface area contributed by atoms with E-state index < -0.39 is 0 Å². The number of hydrazone groups is 1. The number of allylic oxidation sites excluding steroid dienone is 2. The Morgan fingerprint density at radius 1 is 1.27 bits per heavy atom. The molecule has 0 saturated heterocycles. The summed E-state index contributed by atoms with van der Waals surface area (Å²) in [5, 5.41) is 7.50. The van der Waals surface area contributed by atoms with E-state index in [9.17, 15) is 4.79 Å². The van der Waals surface area contributed by atoms with E-state index in [0.717, 1.165) is 35.4 Å². The van der Waals surface area contributed by atoms with Gasteiger partial charge in [0.2, 0.25) is 0 Å². The SMILES string of the molecule is Cc1cc(C)c(NCC(=O)N/N=C2/C[C@@H]3C=CC[C@H]23)c(C)c1. The average Bonchev–Trinajstić information content (AvgIpc) is 2.79. The first kappa shape index (κ1) is 14.8. The number of anilines is 1. The highest BCUT2D eigenvalue weighted by Gasteiger charge is 2.37. The van der Waals surface area contributed by atoms with Gasteiger partial charge in [0.1, 0.15) is 0 Å². The molecule has 0 radical (unpaired) electrons. The van der Waals surface area contributed by atoms with Crippen LogP contribution in [0.3, 0.4) is 0 Å². The molecule has 1 fully saturated rings. The molecule has 116 valence electrons. The molecule has 0 bridgehead atoms. The van der Waals surface area contributed by atoms with Crippen LogP contribution in [0, 0.1) is 32.6 Å². The van der Waals surface area contributed by atoms with Gasteiger partial charge in [-0.15, -0.1) is 0 Å². The van der Waals surface area contributed by atoms with Crippen LogP contribution in [0.25, 0.3) is 0 Å². The van der Waals surface area contributed by atoms with E-state index in [2.05, 4.69) is 60.9 Å². The molecule has 1 aromatic carbocycles. The molecular weight excluding hydrogens is 274 g/mol. The predicted octanol–water partition coefficient (Wildman–Crippen LogP) is 3.09. The Hall–Kier alpha value is -2.10. The topological polar surface area (TPSA) is 53.5 Å². The molecule has 1 amide bonds. The van der Waals surface area contributed by atoms with Crippen molar-refractivity contribution in [2.75, 3.05) is 11.9 Å². The molecule has 2 aliphatic carbocycles. The number of rotatable bonds is 4. The maximum Gasteiger partial charge on any atom is 0.259 e. The van der Waals surface area contributed by atoms with Gasteiger partial charge in [-0.2, -0.15) is 5.10 Å². The zero-order chi connectivity index (χ0) is 15.7. The second kappa shape index (κ2) is 5.95. The maximum absolute atomic E-state index is 11.9. The quantitative estimate of drug-likeness (QED) is 0.663. The summed E-state index contributed by atoms with van der Waals surface area (Å²) < 4.78 is 0. The Kier molecular flexibility index (Phi) is 4.01. The van der Waals surface area contributed by atoms with Crippen LogP contribution in [-0.2, 0) is 4.79 Å². The highest BCUT2D eigenvalue weighted by atomic mass is 16.2. The van der Waals surface area contributed by atoms with Gasteiger partial charge < -0.3 is 5.32 Å². The van der Waals surface area contributed by atoms with E-state index in [0.29, 0.717) is 11.8 Å². The van der Waals surface area contributed by atoms with E-state index in [1.165, 1.54) is 5.56 Å². The van der Waals surface area contributed by atoms with Gasteiger partial charge in [0.05, 0.1) is 6.54 Å². The van der Waals surface area contributed by atoms with Gasteiger partial charge in [-0.3, -0.25) is 4.79 Å². The zero-order valence-corrected chi connectivity index (χ0v) is 13.4. The summed E-state index contributed by atoms with van der Waals surface area (Å²) in [6.07, 6.45) is 6.53. The van der Waals surface area contributed by atoms with Crippen molar-refractivity contribution in [3.05, 3.63) is 41.0 Å². The number of carbonyl (C=O) groups excluding carboxylic acids is 1. The van der Waals surface area contributed by atoms with E-state index in [4.69, 9.17) is 0 Å². The van der Waals surface area contributed by atoms with Crippen molar-refractivity contribution in [1.29, 1.82) is 0 Å². The Balaban J connectivity index is 1.52. The standard InChI is InChI=1S/C18H23N3O/c1-11-7-12(2)18(13(3)8-11)19-10-17(22)21-20-16-9-14-5-4-6-15(14)16/h4-5,7-8,14-15,19H,6,9-10H2,1-3H3,(H,21,22)/b20-16-/t14-,15-/m0/s1. The van der Waals surface area contributed by atoms with E-state index >= 15 is 0 Å². The number of aryl methyl sites for hydroxylation is 3. The van der Waals surface area contributed by atoms with Gasteiger partial charge in [-0.05, 0) is 50.7 Å². The van der Waals surface area contributed by atoms with Crippen LogP contribution in [0.15, 0.2) is 29.4 Å². The lowest BCUT2D eigenvalue weighted by molar-refractivity contribution is -0.119. The summed E-state index contributed by atoms with van der Waals surface area (Å²) >= 11 is 0. The monoisotopic (exact) mass is 297 g/mol. The minimum atomic E-state index is -0.0960. The largest absolute Gasteiger partial charge is 0.376 e. The number of carbonyl (C=O) groups is 1. The van der Waals surface area contributed by atoms with Gasteiger partial charge in [-0.25, -0.2) is 5.43 Å². The minimum absolute atomic E-state index is 0.0960. The molecule has 3 rings (SSSR count). The molecule has 0 aromatic heterocycles. The lowest BCUT2D eigenvalue weighted by Gasteiger charge is -2.31. The molecule has 22 heavy (non-hydrogen) atoms. The fourth-order valence-electron chi connectivity index (χ4n) is 3.46. The van der Waals surface area contributed by atoms with Crippen molar-refractivity contribution in [2.45, 2.75) is 33.6 Å². The number of hydrogen-bond acceptors (Lipinski definition) is 3. The fraction of sp³-hybridized carbons (Fsp3) is 0.444. The fourth-order valence-corrected chi connectivity index (χ4v) is 3.46. The number of hydrogen-bond donors (Lipinski definition) is 2. The normalized spacial score (nSPS) is 24.0. The third kappa shape index (κ3) is 2.91. The van der Waals surface area contributed by atoms with Gasteiger partial charge >= 0.3 is 0 Å². The molecule has 0 unspecified atom stereocenters. The first-order valence-corrected chi connectivity index (χ1v) is 7.88. The summed E-state index contributed by atoms with van der Waals surface area (Å²) in [7, 11) is 0. The Morgan fingerprint density at radius 2 is 2.00 bits per heavy atom. The second-order valence-corrected chi connectivity index (χ2v) is 6.40. The number of amides is 1. The molecule has 1 saturated carbocycles. The smallest absolute Gasteiger partial charge is 0.259 e. The van der Waals surface area contributed by atoms with Gasteiger partial charge in [0.15, 0.2) is 0 Å². The maximum atomic E-state index is 11.9. The number of nitrogens with zero attached hydrogens (tertiary/aromatic N) is 1. The molecule has 1 aromatic rings. The highest BCUT2D eigenvalue weighted by molar-refractivity contribution is 5.95. The van der Waals surface area contributed by atoms with Gasteiger partial charge in [0, 0.05) is 17.3 Å². The van der Waals surface area contributed by atoms with Crippen LogP contribution in [0.4, 0.5) is 5.69 Å². The molecule has 4 heteroatoms. The van der Waals surface area contributed by atoms with Crippen LogP contribution in [-0.4, -0.2) is 18.2 Å².